The lowest BCUT2D eigenvalue weighted by molar-refractivity contribution is 0.0524. The van der Waals surface area contributed by atoms with Crippen LogP contribution in [0.15, 0.2) is 30.3 Å². The topological polar surface area (TPSA) is 0 Å². The SMILES string of the molecule is CCCC1CC2(c3ccccc3)CCCC12. The summed E-state index contributed by atoms with van der Waals surface area (Å²) >= 11 is 0. The molecule has 0 radical (unpaired) electrons. The molecule has 1 aromatic carbocycles. The van der Waals surface area contributed by atoms with Crippen molar-refractivity contribution in [1.29, 1.82) is 0 Å². The highest BCUT2D eigenvalue weighted by molar-refractivity contribution is 5.32. The van der Waals surface area contributed by atoms with E-state index in [1.807, 2.05) is 0 Å². The fourth-order valence-electron chi connectivity index (χ4n) is 4.41. The van der Waals surface area contributed by atoms with Gasteiger partial charge in [-0.25, -0.2) is 0 Å². The molecular formula is C16H22. The Hall–Kier alpha value is -0.780. The van der Waals surface area contributed by atoms with Crippen LogP contribution in [0.4, 0.5) is 0 Å². The molecule has 0 aromatic heterocycles. The molecule has 2 fully saturated rings. The molecule has 1 aromatic rings. The van der Waals surface area contributed by atoms with Crippen molar-refractivity contribution in [3.8, 4) is 0 Å². The van der Waals surface area contributed by atoms with E-state index in [2.05, 4.69) is 37.3 Å². The number of hydrogen-bond acceptors (Lipinski definition) is 0. The van der Waals surface area contributed by atoms with Gasteiger partial charge in [-0.3, -0.25) is 0 Å². The van der Waals surface area contributed by atoms with Gasteiger partial charge >= 0.3 is 0 Å². The second-order valence-electron chi connectivity index (χ2n) is 5.77. The molecule has 2 aliphatic rings. The maximum Gasteiger partial charge on any atom is -0.00134 e. The number of fused-ring (bicyclic) bond motifs is 1. The van der Waals surface area contributed by atoms with Crippen molar-refractivity contribution in [2.75, 3.05) is 0 Å². The number of hydrogen-bond donors (Lipinski definition) is 0. The van der Waals surface area contributed by atoms with E-state index < -0.39 is 0 Å². The average Bonchev–Trinajstić information content (AvgIpc) is 2.65. The fraction of sp³-hybridized carbons (Fsp3) is 0.625. The van der Waals surface area contributed by atoms with E-state index in [0.717, 1.165) is 11.8 Å². The highest BCUT2D eigenvalue weighted by atomic mass is 14.6. The van der Waals surface area contributed by atoms with Crippen LogP contribution in [0.5, 0.6) is 0 Å². The summed E-state index contributed by atoms with van der Waals surface area (Å²) in [7, 11) is 0. The first-order valence-electron chi connectivity index (χ1n) is 6.92. The second kappa shape index (κ2) is 3.91. The van der Waals surface area contributed by atoms with Crippen molar-refractivity contribution in [3.05, 3.63) is 35.9 Å². The Labute approximate surface area is 99.1 Å². The van der Waals surface area contributed by atoms with Gasteiger partial charge < -0.3 is 0 Å². The summed E-state index contributed by atoms with van der Waals surface area (Å²) < 4.78 is 0. The van der Waals surface area contributed by atoms with Crippen LogP contribution in [0.3, 0.4) is 0 Å². The average molecular weight is 214 g/mol. The van der Waals surface area contributed by atoms with Gasteiger partial charge in [-0.1, -0.05) is 56.5 Å². The molecule has 0 saturated heterocycles. The molecule has 3 atom stereocenters. The van der Waals surface area contributed by atoms with Gasteiger partial charge in [-0.05, 0) is 42.1 Å². The van der Waals surface area contributed by atoms with E-state index in [4.69, 9.17) is 0 Å². The minimum atomic E-state index is 0.598. The van der Waals surface area contributed by atoms with Crippen molar-refractivity contribution in [2.24, 2.45) is 11.8 Å². The second-order valence-corrected chi connectivity index (χ2v) is 5.77. The summed E-state index contributed by atoms with van der Waals surface area (Å²) in [5.41, 5.74) is 2.23. The van der Waals surface area contributed by atoms with Crippen LogP contribution in [-0.4, -0.2) is 0 Å². The molecule has 86 valence electrons. The molecule has 0 spiro atoms. The summed E-state index contributed by atoms with van der Waals surface area (Å²) in [6.45, 7) is 2.33. The summed E-state index contributed by atoms with van der Waals surface area (Å²) in [6, 6.07) is 11.3. The predicted molar refractivity (Wildman–Crippen MR) is 68.5 cm³/mol. The van der Waals surface area contributed by atoms with Crippen LogP contribution in [0.1, 0.15) is 51.0 Å². The van der Waals surface area contributed by atoms with Gasteiger partial charge in [0.1, 0.15) is 0 Å². The first kappa shape index (κ1) is 10.4. The lowest BCUT2D eigenvalue weighted by atomic mass is 9.52. The van der Waals surface area contributed by atoms with Crippen LogP contribution in [0.2, 0.25) is 0 Å². The van der Waals surface area contributed by atoms with Crippen molar-refractivity contribution in [2.45, 2.75) is 50.9 Å². The van der Waals surface area contributed by atoms with E-state index in [1.54, 1.807) is 5.56 Å². The predicted octanol–water partition coefficient (Wildman–Crippen LogP) is 4.54. The molecule has 16 heavy (non-hydrogen) atoms. The van der Waals surface area contributed by atoms with Crippen molar-refractivity contribution in [1.82, 2.24) is 0 Å². The zero-order valence-corrected chi connectivity index (χ0v) is 10.3. The van der Waals surface area contributed by atoms with Gasteiger partial charge in [-0.2, -0.15) is 0 Å². The third-order valence-electron chi connectivity index (χ3n) is 5.05. The van der Waals surface area contributed by atoms with Gasteiger partial charge in [0.25, 0.3) is 0 Å². The minimum Gasteiger partial charge on any atom is -0.0654 e. The van der Waals surface area contributed by atoms with Gasteiger partial charge in [-0.15, -0.1) is 0 Å². The van der Waals surface area contributed by atoms with Crippen LogP contribution in [-0.2, 0) is 5.41 Å². The molecule has 0 amide bonds. The first-order chi connectivity index (χ1) is 7.87. The third-order valence-corrected chi connectivity index (χ3v) is 5.05. The Morgan fingerprint density at radius 3 is 2.81 bits per heavy atom. The molecule has 2 saturated carbocycles. The molecule has 0 aliphatic heterocycles. The molecule has 3 rings (SSSR count). The van der Waals surface area contributed by atoms with Crippen LogP contribution >= 0.6 is 0 Å². The molecule has 2 aliphatic carbocycles. The van der Waals surface area contributed by atoms with E-state index in [1.165, 1.54) is 38.5 Å². The van der Waals surface area contributed by atoms with E-state index >= 15 is 0 Å². The minimum absolute atomic E-state index is 0.598. The molecule has 0 N–H and O–H groups in total. The molecule has 0 bridgehead atoms. The lowest BCUT2D eigenvalue weighted by Crippen LogP contribution is -2.47. The Kier molecular flexibility index (Phi) is 2.53. The highest BCUT2D eigenvalue weighted by Crippen LogP contribution is 2.62. The summed E-state index contributed by atoms with van der Waals surface area (Å²) in [6.07, 6.45) is 8.68. The maximum atomic E-state index is 2.36. The highest BCUT2D eigenvalue weighted by Gasteiger charge is 2.55. The number of benzene rings is 1. The van der Waals surface area contributed by atoms with Crippen molar-refractivity contribution < 1.29 is 0 Å². The van der Waals surface area contributed by atoms with Gasteiger partial charge in [0.15, 0.2) is 0 Å². The molecule has 0 heterocycles. The van der Waals surface area contributed by atoms with Crippen molar-refractivity contribution >= 4 is 0 Å². The van der Waals surface area contributed by atoms with Crippen LogP contribution in [0.25, 0.3) is 0 Å². The monoisotopic (exact) mass is 214 g/mol. The summed E-state index contributed by atoms with van der Waals surface area (Å²) in [4.78, 5) is 0. The Morgan fingerprint density at radius 1 is 1.25 bits per heavy atom. The molecular weight excluding hydrogens is 192 g/mol. The Balaban J connectivity index is 1.85. The van der Waals surface area contributed by atoms with Crippen molar-refractivity contribution in [3.63, 3.8) is 0 Å². The number of rotatable bonds is 3. The third kappa shape index (κ3) is 1.35. The van der Waals surface area contributed by atoms with Crippen LogP contribution in [0, 0.1) is 11.8 Å². The summed E-state index contributed by atoms with van der Waals surface area (Å²) in [5, 5.41) is 0. The largest absolute Gasteiger partial charge is 0.0654 e. The first-order valence-corrected chi connectivity index (χ1v) is 6.92. The normalized spacial score (nSPS) is 36.8. The zero-order valence-electron chi connectivity index (χ0n) is 10.3. The smallest absolute Gasteiger partial charge is 0.00134 e. The van der Waals surface area contributed by atoms with Gasteiger partial charge in [0.2, 0.25) is 0 Å². The van der Waals surface area contributed by atoms with Gasteiger partial charge in [0.05, 0.1) is 0 Å². The van der Waals surface area contributed by atoms with E-state index in [9.17, 15) is 0 Å². The standard InChI is InChI=1S/C16H22/c1-2-7-13-12-16(11-6-10-15(13)16)14-8-4-3-5-9-14/h3-5,8-9,13,15H,2,6-7,10-12H2,1H3. The zero-order chi connectivity index (χ0) is 11.0. The van der Waals surface area contributed by atoms with E-state index in [-0.39, 0.29) is 0 Å². The molecule has 3 unspecified atom stereocenters. The lowest BCUT2D eigenvalue weighted by Gasteiger charge is -2.52. The summed E-state index contributed by atoms with van der Waals surface area (Å²) in [5.74, 6) is 2.04. The Morgan fingerprint density at radius 2 is 2.06 bits per heavy atom. The Bertz CT molecular complexity index is 354. The quantitative estimate of drug-likeness (QED) is 0.692. The maximum absolute atomic E-state index is 2.36. The van der Waals surface area contributed by atoms with E-state index in [0.29, 0.717) is 5.41 Å². The van der Waals surface area contributed by atoms with Gasteiger partial charge in [0, 0.05) is 0 Å². The van der Waals surface area contributed by atoms with Crippen LogP contribution < -0.4 is 0 Å². The fourth-order valence-corrected chi connectivity index (χ4v) is 4.41. The molecule has 0 nitrogen and oxygen atoms in total. The molecule has 0 heteroatoms.